The van der Waals surface area contributed by atoms with Crippen molar-refractivity contribution in [3.8, 4) is 0 Å². The summed E-state index contributed by atoms with van der Waals surface area (Å²) >= 11 is 0. The summed E-state index contributed by atoms with van der Waals surface area (Å²) in [5.74, 6) is -0.161. The van der Waals surface area contributed by atoms with Crippen molar-refractivity contribution in [1.82, 2.24) is 5.32 Å². The number of aliphatic hydroxyl groups is 3. The van der Waals surface area contributed by atoms with Gasteiger partial charge in [-0.05, 0) is 23.6 Å². The van der Waals surface area contributed by atoms with Crippen LogP contribution in [0.15, 0.2) is 18.2 Å². The van der Waals surface area contributed by atoms with Crippen molar-refractivity contribution < 1.29 is 20.1 Å². The van der Waals surface area contributed by atoms with Crippen LogP contribution in [0, 0.1) is 0 Å². The number of fused-ring (bicyclic) bond motifs is 1. The Balaban J connectivity index is 2.22. The van der Waals surface area contributed by atoms with E-state index in [0.717, 1.165) is 5.56 Å². The van der Waals surface area contributed by atoms with E-state index in [4.69, 9.17) is 5.11 Å². The lowest BCUT2D eigenvalue weighted by atomic mass is 9.98. The number of hydrogen-bond acceptors (Lipinski definition) is 4. The van der Waals surface area contributed by atoms with Crippen LogP contribution in [-0.2, 0) is 6.54 Å². The van der Waals surface area contributed by atoms with E-state index in [2.05, 4.69) is 5.32 Å². The van der Waals surface area contributed by atoms with E-state index in [1.807, 2.05) is 0 Å². The topological polar surface area (TPSA) is 89.8 Å². The Kier molecular flexibility index (Phi) is 3.42. The molecule has 0 spiro atoms. The predicted octanol–water partition coefficient (Wildman–Crippen LogP) is -0.293. The first-order chi connectivity index (χ1) is 8.13. The van der Waals surface area contributed by atoms with Crippen molar-refractivity contribution in [1.29, 1.82) is 0 Å². The smallest absolute Gasteiger partial charge is 0.251 e. The van der Waals surface area contributed by atoms with Crippen molar-refractivity contribution in [3.63, 3.8) is 0 Å². The predicted molar refractivity (Wildman–Crippen MR) is 60.3 cm³/mol. The molecule has 0 bridgehead atoms. The number of carbonyl (C=O) groups excluding carboxylic acids is 1. The van der Waals surface area contributed by atoms with E-state index >= 15 is 0 Å². The lowest BCUT2D eigenvalue weighted by molar-refractivity contribution is 0.00418. The quantitative estimate of drug-likeness (QED) is 0.579. The third kappa shape index (κ3) is 2.31. The fraction of sp³-hybridized carbons (Fsp3) is 0.417. The molecule has 1 aliphatic heterocycles. The van der Waals surface area contributed by atoms with Crippen LogP contribution in [0.2, 0.25) is 0 Å². The molecule has 2 unspecified atom stereocenters. The van der Waals surface area contributed by atoms with E-state index in [1.54, 1.807) is 18.2 Å². The monoisotopic (exact) mass is 237 g/mol. The molecule has 4 N–H and O–H groups in total. The first-order valence-corrected chi connectivity index (χ1v) is 5.51. The third-order valence-corrected chi connectivity index (χ3v) is 2.95. The minimum Gasteiger partial charge on any atom is -0.396 e. The normalized spacial score (nSPS) is 17.5. The summed E-state index contributed by atoms with van der Waals surface area (Å²) in [6, 6.07) is 5.03. The van der Waals surface area contributed by atoms with Crippen LogP contribution in [0.5, 0.6) is 0 Å². The molecule has 1 heterocycles. The Morgan fingerprint density at radius 1 is 1.35 bits per heavy atom. The van der Waals surface area contributed by atoms with Crippen molar-refractivity contribution in [2.45, 2.75) is 25.2 Å². The van der Waals surface area contributed by atoms with Crippen molar-refractivity contribution in [2.24, 2.45) is 0 Å². The van der Waals surface area contributed by atoms with Gasteiger partial charge >= 0.3 is 0 Å². The van der Waals surface area contributed by atoms with Gasteiger partial charge in [0.15, 0.2) is 0 Å². The Morgan fingerprint density at radius 3 is 2.82 bits per heavy atom. The van der Waals surface area contributed by atoms with Gasteiger partial charge in [0.2, 0.25) is 0 Å². The summed E-state index contributed by atoms with van der Waals surface area (Å²) in [6.45, 7) is 0.313. The van der Waals surface area contributed by atoms with Crippen molar-refractivity contribution >= 4 is 5.91 Å². The van der Waals surface area contributed by atoms with Gasteiger partial charge in [0.05, 0.1) is 6.10 Å². The number of amides is 1. The number of carbonyl (C=O) groups is 1. The van der Waals surface area contributed by atoms with Crippen LogP contribution >= 0.6 is 0 Å². The molecular weight excluding hydrogens is 222 g/mol. The molecule has 5 heteroatoms. The minimum absolute atomic E-state index is 0.102. The van der Waals surface area contributed by atoms with Gasteiger partial charge in [-0.1, -0.05) is 12.1 Å². The van der Waals surface area contributed by atoms with E-state index in [-0.39, 0.29) is 18.9 Å². The fourth-order valence-corrected chi connectivity index (χ4v) is 1.93. The molecule has 2 rings (SSSR count). The molecule has 0 radical (unpaired) electrons. The molecule has 1 aromatic rings. The summed E-state index contributed by atoms with van der Waals surface area (Å²) in [5, 5.41) is 30.8. The molecule has 0 aromatic heterocycles. The number of nitrogens with one attached hydrogen (secondary N) is 1. The van der Waals surface area contributed by atoms with Gasteiger partial charge in [-0.25, -0.2) is 0 Å². The molecule has 1 aliphatic rings. The average molecular weight is 237 g/mol. The molecule has 92 valence electrons. The minimum atomic E-state index is -1.08. The van der Waals surface area contributed by atoms with E-state index in [1.165, 1.54) is 0 Å². The third-order valence-electron chi connectivity index (χ3n) is 2.95. The maximum absolute atomic E-state index is 11.4. The highest BCUT2D eigenvalue weighted by Gasteiger charge is 2.23. The Morgan fingerprint density at radius 2 is 2.12 bits per heavy atom. The zero-order chi connectivity index (χ0) is 12.4. The van der Waals surface area contributed by atoms with E-state index < -0.39 is 12.2 Å². The maximum Gasteiger partial charge on any atom is 0.251 e. The summed E-state index contributed by atoms with van der Waals surface area (Å²) in [6.07, 6.45) is -2.01. The number of rotatable bonds is 4. The highest BCUT2D eigenvalue weighted by Crippen LogP contribution is 2.24. The van der Waals surface area contributed by atoms with Gasteiger partial charge in [0, 0.05) is 18.7 Å². The van der Waals surface area contributed by atoms with Crippen molar-refractivity contribution in [2.75, 3.05) is 6.61 Å². The molecule has 2 atom stereocenters. The van der Waals surface area contributed by atoms with Crippen LogP contribution in [0.3, 0.4) is 0 Å². The second-order valence-electron chi connectivity index (χ2n) is 4.12. The molecular formula is C12H15NO4. The Labute approximate surface area is 98.7 Å². The Bertz CT molecular complexity index is 433. The van der Waals surface area contributed by atoms with Crippen LogP contribution in [-0.4, -0.2) is 33.9 Å². The molecule has 0 aliphatic carbocycles. The number of hydrogen-bond donors (Lipinski definition) is 4. The molecule has 5 nitrogen and oxygen atoms in total. The second kappa shape index (κ2) is 4.83. The SMILES string of the molecule is O=C1NCc2ccc(C(O)C(O)CCO)cc21. The lowest BCUT2D eigenvalue weighted by Crippen LogP contribution is -2.20. The van der Waals surface area contributed by atoms with Gasteiger partial charge in [0.25, 0.3) is 5.91 Å². The summed E-state index contributed by atoms with van der Waals surface area (Å²) < 4.78 is 0. The van der Waals surface area contributed by atoms with E-state index in [9.17, 15) is 15.0 Å². The lowest BCUT2D eigenvalue weighted by Gasteiger charge is -2.17. The highest BCUT2D eigenvalue weighted by molar-refractivity contribution is 5.98. The molecule has 0 fully saturated rings. The van der Waals surface area contributed by atoms with E-state index in [0.29, 0.717) is 17.7 Å². The van der Waals surface area contributed by atoms with Gasteiger partial charge in [-0.2, -0.15) is 0 Å². The van der Waals surface area contributed by atoms with Gasteiger partial charge in [-0.15, -0.1) is 0 Å². The number of benzene rings is 1. The zero-order valence-electron chi connectivity index (χ0n) is 9.26. The Hall–Kier alpha value is -1.43. The second-order valence-corrected chi connectivity index (χ2v) is 4.12. The molecule has 1 amide bonds. The highest BCUT2D eigenvalue weighted by atomic mass is 16.3. The van der Waals surface area contributed by atoms with Gasteiger partial charge in [0.1, 0.15) is 6.10 Å². The first-order valence-electron chi connectivity index (χ1n) is 5.51. The van der Waals surface area contributed by atoms with Crippen molar-refractivity contribution in [3.05, 3.63) is 34.9 Å². The maximum atomic E-state index is 11.4. The summed E-state index contributed by atoms with van der Waals surface area (Å²) in [5.41, 5.74) is 1.92. The standard InChI is InChI=1S/C12H15NO4/c14-4-3-10(15)11(16)7-1-2-8-6-13-12(17)9(8)5-7/h1-2,5,10-11,14-16H,3-4,6H2,(H,13,17). The molecule has 17 heavy (non-hydrogen) atoms. The van der Waals surface area contributed by atoms with Crippen LogP contribution in [0.4, 0.5) is 0 Å². The molecule has 0 saturated carbocycles. The van der Waals surface area contributed by atoms with Gasteiger partial charge < -0.3 is 20.6 Å². The first kappa shape index (κ1) is 12.0. The summed E-state index contributed by atoms with van der Waals surface area (Å²) in [4.78, 5) is 11.4. The largest absolute Gasteiger partial charge is 0.396 e. The zero-order valence-corrected chi connectivity index (χ0v) is 9.26. The number of aliphatic hydroxyl groups excluding tert-OH is 3. The van der Waals surface area contributed by atoms with Gasteiger partial charge in [-0.3, -0.25) is 4.79 Å². The fourth-order valence-electron chi connectivity index (χ4n) is 1.93. The molecule has 1 aromatic carbocycles. The summed E-state index contributed by atoms with van der Waals surface area (Å²) in [7, 11) is 0. The average Bonchev–Trinajstić information content (AvgIpc) is 2.70. The molecule has 0 saturated heterocycles. The van der Waals surface area contributed by atoms with Crippen LogP contribution in [0.25, 0.3) is 0 Å². The van der Waals surface area contributed by atoms with Crippen LogP contribution in [0.1, 0.15) is 34.0 Å². The van der Waals surface area contributed by atoms with Crippen LogP contribution < -0.4 is 5.32 Å².